The van der Waals surface area contributed by atoms with E-state index in [0.717, 1.165) is 49.4 Å². The van der Waals surface area contributed by atoms with Gasteiger partial charge in [0.1, 0.15) is 5.84 Å². The van der Waals surface area contributed by atoms with E-state index in [2.05, 4.69) is 28.8 Å². The number of piperidine rings is 1. The van der Waals surface area contributed by atoms with E-state index >= 15 is 0 Å². The van der Waals surface area contributed by atoms with Crippen LogP contribution in [-0.4, -0.2) is 30.0 Å². The highest BCUT2D eigenvalue weighted by molar-refractivity contribution is 6.02. The first-order chi connectivity index (χ1) is 12.7. The van der Waals surface area contributed by atoms with Crippen molar-refractivity contribution in [2.75, 3.05) is 18.4 Å². The van der Waals surface area contributed by atoms with Gasteiger partial charge in [0.2, 0.25) is 0 Å². The second kappa shape index (κ2) is 6.92. The molecule has 0 radical (unpaired) electrons. The number of nitrogens with one attached hydrogen (secondary N) is 2. The Bertz CT molecular complexity index is 854. The van der Waals surface area contributed by atoms with Crippen LogP contribution >= 0.6 is 0 Å². The van der Waals surface area contributed by atoms with Gasteiger partial charge in [-0.15, -0.1) is 0 Å². The lowest BCUT2D eigenvalue weighted by Gasteiger charge is -2.42. The summed E-state index contributed by atoms with van der Waals surface area (Å²) in [5.41, 5.74) is 3.53. The van der Waals surface area contributed by atoms with Crippen LogP contribution in [-0.2, 0) is 13.0 Å². The number of benzene rings is 2. The molecule has 0 unspecified atom stereocenters. The summed E-state index contributed by atoms with van der Waals surface area (Å²) in [5.74, 6) is 0.0946. The zero-order chi connectivity index (χ0) is 18.0. The second-order valence-electron chi connectivity index (χ2n) is 7.12. The van der Waals surface area contributed by atoms with Gasteiger partial charge in [0.25, 0.3) is 0 Å². The molecule has 5 nitrogen and oxygen atoms in total. The molecule has 2 aromatic rings. The Kier molecular flexibility index (Phi) is 4.47. The Hall–Kier alpha value is -2.66. The van der Waals surface area contributed by atoms with Crippen molar-refractivity contribution in [2.45, 2.75) is 25.8 Å². The summed E-state index contributed by atoms with van der Waals surface area (Å²) in [6, 6.07) is 15.5. The zero-order valence-electron chi connectivity index (χ0n) is 14.7. The number of carbonyl (C=O) groups is 1. The third-order valence-corrected chi connectivity index (χ3v) is 5.52. The molecule has 134 valence electrons. The van der Waals surface area contributed by atoms with Gasteiger partial charge in [-0.2, -0.15) is 0 Å². The van der Waals surface area contributed by atoms with Crippen molar-refractivity contribution >= 4 is 17.5 Å². The topological polar surface area (TPSA) is 73.7 Å². The van der Waals surface area contributed by atoms with E-state index in [9.17, 15) is 9.90 Å². The van der Waals surface area contributed by atoms with Crippen molar-refractivity contribution in [2.24, 2.45) is 10.4 Å². The SMILES string of the molecule is O=C(O)c1ccccc1CN=C1Nc2ccccc2CC12CCNCC2. The standard InChI is InChI=1S/C21H23N3O2/c25-19(26)17-7-3-1-6-16(17)14-23-20-21(9-11-22-12-10-21)13-15-5-2-4-8-18(15)24-20/h1-8,22H,9-14H2,(H,23,24)(H,25,26). The number of rotatable bonds is 3. The quantitative estimate of drug-likeness (QED) is 0.795. The van der Waals surface area contributed by atoms with Crippen molar-refractivity contribution in [1.29, 1.82) is 0 Å². The summed E-state index contributed by atoms with van der Waals surface area (Å²) in [5, 5.41) is 16.4. The number of carboxylic acid groups (broad SMARTS) is 1. The van der Waals surface area contributed by atoms with Gasteiger partial charge in [0.05, 0.1) is 12.1 Å². The lowest BCUT2D eigenvalue weighted by molar-refractivity contribution is 0.0695. The maximum absolute atomic E-state index is 11.5. The van der Waals surface area contributed by atoms with E-state index < -0.39 is 5.97 Å². The summed E-state index contributed by atoms with van der Waals surface area (Å²) in [6.45, 7) is 2.34. The van der Waals surface area contributed by atoms with Crippen molar-refractivity contribution in [3.05, 3.63) is 65.2 Å². The van der Waals surface area contributed by atoms with Crippen molar-refractivity contribution in [1.82, 2.24) is 5.32 Å². The number of aliphatic imine (C=N–C) groups is 1. The monoisotopic (exact) mass is 349 g/mol. The van der Waals surface area contributed by atoms with Gasteiger partial charge >= 0.3 is 5.97 Å². The highest BCUT2D eigenvalue weighted by Gasteiger charge is 2.40. The number of hydrogen-bond acceptors (Lipinski definition) is 3. The maximum atomic E-state index is 11.5. The Morgan fingerprint density at radius 2 is 1.81 bits per heavy atom. The molecular weight excluding hydrogens is 326 g/mol. The van der Waals surface area contributed by atoms with Crippen LogP contribution in [0.15, 0.2) is 53.5 Å². The fourth-order valence-electron chi connectivity index (χ4n) is 4.06. The predicted molar refractivity (Wildman–Crippen MR) is 103 cm³/mol. The van der Waals surface area contributed by atoms with Crippen LogP contribution in [0.2, 0.25) is 0 Å². The first-order valence-corrected chi connectivity index (χ1v) is 9.10. The molecule has 0 aliphatic carbocycles. The first kappa shape index (κ1) is 16.8. The number of hydrogen-bond donors (Lipinski definition) is 3. The number of amidine groups is 1. The van der Waals surface area contributed by atoms with Gasteiger partial charge in [-0.3, -0.25) is 4.99 Å². The normalized spacial score (nSPS) is 19.8. The summed E-state index contributed by atoms with van der Waals surface area (Å²) in [4.78, 5) is 16.3. The van der Waals surface area contributed by atoms with E-state index in [0.29, 0.717) is 12.1 Å². The summed E-state index contributed by atoms with van der Waals surface area (Å²) in [7, 11) is 0. The molecule has 4 rings (SSSR count). The van der Waals surface area contributed by atoms with Gasteiger partial charge in [0, 0.05) is 11.1 Å². The highest BCUT2D eigenvalue weighted by Crippen LogP contribution is 2.40. The van der Waals surface area contributed by atoms with Gasteiger partial charge < -0.3 is 15.7 Å². The van der Waals surface area contributed by atoms with E-state index in [1.54, 1.807) is 12.1 Å². The Labute approximate surface area is 153 Å². The molecule has 2 aliphatic rings. The van der Waals surface area contributed by atoms with Crippen LogP contribution in [0.4, 0.5) is 5.69 Å². The zero-order valence-corrected chi connectivity index (χ0v) is 14.7. The molecular formula is C21H23N3O2. The molecule has 2 aromatic carbocycles. The smallest absolute Gasteiger partial charge is 0.336 e. The van der Waals surface area contributed by atoms with E-state index in [1.165, 1.54) is 5.56 Å². The van der Waals surface area contributed by atoms with Crippen molar-refractivity contribution in [3.8, 4) is 0 Å². The van der Waals surface area contributed by atoms with Gasteiger partial charge in [-0.25, -0.2) is 4.79 Å². The Balaban J connectivity index is 1.69. The van der Waals surface area contributed by atoms with Crippen LogP contribution in [0.25, 0.3) is 0 Å². The largest absolute Gasteiger partial charge is 0.478 e. The van der Waals surface area contributed by atoms with Crippen LogP contribution in [0, 0.1) is 5.41 Å². The third kappa shape index (κ3) is 3.10. The minimum Gasteiger partial charge on any atom is -0.478 e. The number of nitrogens with zero attached hydrogens (tertiary/aromatic N) is 1. The molecule has 1 saturated heterocycles. The minimum atomic E-state index is -0.903. The Morgan fingerprint density at radius 1 is 1.08 bits per heavy atom. The molecule has 0 atom stereocenters. The average molecular weight is 349 g/mol. The molecule has 0 aromatic heterocycles. The summed E-state index contributed by atoms with van der Waals surface area (Å²) >= 11 is 0. The molecule has 1 spiro atoms. The number of aromatic carboxylic acids is 1. The van der Waals surface area contributed by atoms with Crippen LogP contribution in [0.3, 0.4) is 0 Å². The number of para-hydroxylation sites is 1. The Morgan fingerprint density at radius 3 is 2.62 bits per heavy atom. The van der Waals surface area contributed by atoms with E-state index in [1.807, 2.05) is 18.2 Å². The lowest BCUT2D eigenvalue weighted by atomic mass is 9.71. The second-order valence-corrected chi connectivity index (χ2v) is 7.12. The van der Waals surface area contributed by atoms with Crippen LogP contribution in [0.5, 0.6) is 0 Å². The average Bonchev–Trinajstić information content (AvgIpc) is 2.67. The van der Waals surface area contributed by atoms with Crippen LogP contribution in [0.1, 0.15) is 34.3 Å². The molecule has 3 N–H and O–H groups in total. The van der Waals surface area contributed by atoms with Gasteiger partial charge in [0.15, 0.2) is 0 Å². The summed E-state index contributed by atoms with van der Waals surface area (Å²) in [6.07, 6.45) is 3.05. The van der Waals surface area contributed by atoms with E-state index in [-0.39, 0.29) is 5.41 Å². The highest BCUT2D eigenvalue weighted by atomic mass is 16.4. The van der Waals surface area contributed by atoms with Crippen LogP contribution < -0.4 is 10.6 Å². The number of anilines is 1. The van der Waals surface area contributed by atoms with Crippen molar-refractivity contribution in [3.63, 3.8) is 0 Å². The van der Waals surface area contributed by atoms with Crippen molar-refractivity contribution < 1.29 is 9.90 Å². The molecule has 26 heavy (non-hydrogen) atoms. The summed E-state index contributed by atoms with van der Waals surface area (Å²) < 4.78 is 0. The molecule has 0 amide bonds. The predicted octanol–water partition coefficient (Wildman–Crippen LogP) is 3.32. The first-order valence-electron chi connectivity index (χ1n) is 9.10. The number of carboxylic acids is 1. The molecule has 0 bridgehead atoms. The lowest BCUT2D eigenvalue weighted by Crippen LogP contribution is -2.48. The molecule has 2 heterocycles. The van der Waals surface area contributed by atoms with Gasteiger partial charge in [-0.1, -0.05) is 36.4 Å². The fourth-order valence-corrected chi connectivity index (χ4v) is 4.06. The maximum Gasteiger partial charge on any atom is 0.336 e. The fraction of sp³-hybridized carbons (Fsp3) is 0.333. The molecule has 5 heteroatoms. The third-order valence-electron chi connectivity index (χ3n) is 5.52. The van der Waals surface area contributed by atoms with E-state index in [4.69, 9.17) is 4.99 Å². The number of fused-ring (bicyclic) bond motifs is 1. The minimum absolute atomic E-state index is 0.0117. The molecule has 1 fully saturated rings. The van der Waals surface area contributed by atoms with Gasteiger partial charge in [-0.05, 0) is 55.6 Å². The molecule has 0 saturated carbocycles. The molecule has 2 aliphatic heterocycles.